The highest BCUT2D eigenvalue weighted by Crippen LogP contribution is 2.21. The standard InChI is InChI=1S/C23H30N4O2/c1-26(2)14-12-24-22(28)16-21-23(29)25-13-15-27(21)17-18-8-10-20(11-9-18)19-6-4-3-5-7-19/h3-11,21H,12-17H2,1-2H3,(H,24,28)(H,25,29)/t21-/m1/s1. The lowest BCUT2D eigenvalue weighted by Gasteiger charge is -2.34. The summed E-state index contributed by atoms with van der Waals surface area (Å²) in [4.78, 5) is 28.8. The highest BCUT2D eigenvalue weighted by atomic mass is 16.2. The van der Waals surface area contributed by atoms with Crippen LogP contribution in [0.3, 0.4) is 0 Å². The van der Waals surface area contributed by atoms with E-state index >= 15 is 0 Å². The van der Waals surface area contributed by atoms with Crippen LogP contribution in [0.1, 0.15) is 12.0 Å². The van der Waals surface area contributed by atoms with Gasteiger partial charge in [-0.05, 0) is 30.8 Å². The summed E-state index contributed by atoms with van der Waals surface area (Å²) in [6.07, 6.45) is 0.182. The Hall–Kier alpha value is -2.70. The number of nitrogens with one attached hydrogen (secondary N) is 2. The van der Waals surface area contributed by atoms with Crippen molar-refractivity contribution in [2.24, 2.45) is 0 Å². The third kappa shape index (κ3) is 6.14. The predicted octanol–water partition coefficient (Wildman–Crippen LogP) is 1.72. The van der Waals surface area contributed by atoms with Crippen LogP contribution in [0.15, 0.2) is 54.6 Å². The fourth-order valence-electron chi connectivity index (χ4n) is 3.51. The minimum absolute atomic E-state index is 0.0695. The van der Waals surface area contributed by atoms with E-state index in [2.05, 4.69) is 51.9 Å². The normalized spacial score (nSPS) is 17.2. The Balaban J connectivity index is 1.61. The molecule has 1 fully saturated rings. The molecule has 1 atom stereocenters. The highest BCUT2D eigenvalue weighted by molar-refractivity contribution is 5.88. The number of carbonyl (C=O) groups is 2. The van der Waals surface area contributed by atoms with Gasteiger partial charge in [0.25, 0.3) is 0 Å². The fraction of sp³-hybridized carbons (Fsp3) is 0.391. The average molecular weight is 395 g/mol. The van der Waals surface area contributed by atoms with Crippen molar-refractivity contribution in [3.05, 3.63) is 60.2 Å². The maximum absolute atomic E-state index is 12.4. The van der Waals surface area contributed by atoms with Gasteiger partial charge in [-0.15, -0.1) is 0 Å². The summed E-state index contributed by atoms with van der Waals surface area (Å²) < 4.78 is 0. The van der Waals surface area contributed by atoms with E-state index in [-0.39, 0.29) is 18.2 Å². The SMILES string of the molecule is CN(C)CCNC(=O)C[C@@H]1C(=O)NCCN1Cc1ccc(-c2ccccc2)cc1. The zero-order valence-electron chi connectivity index (χ0n) is 17.2. The quantitative estimate of drug-likeness (QED) is 0.716. The van der Waals surface area contributed by atoms with E-state index in [1.165, 1.54) is 11.1 Å². The van der Waals surface area contributed by atoms with E-state index in [1.807, 2.05) is 37.2 Å². The third-order valence-corrected chi connectivity index (χ3v) is 5.15. The van der Waals surface area contributed by atoms with Gasteiger partial charge in [0.15, 0.2) is 0 Å². The zero-order valence-corrected chi connectivity index (χ0v) is 17.2. The maximum Gasteiger partial charge on any atom is 0.237 e. The molecule has 6 nitrogen and oxygen atoms in total. The molecule has 0 saturated carbocycles. The molecule has 0 aliphatic carbocycles. The van der Waals surface area contributed by atoms with Gasteiger partial charge in [-0.2, -0.15) is 0 Å². The van der Waals surface area contributed by atoms with Crippen molar-refractivity contribution >= 4 is 11.8 Å². The van der Waals surface area contributed by atoms with Crippen molar-refractivity contribution in [1.29, 1.82) is 0 Å². The topological polar surface area (TPSA) is 64.7 Å². The Morgan fingerprint density at radius 2 is 1.79 bits per heavy atom. The first-order chi connectivity index (χ1) is 14.0. The van der Waals surface area contributed by atoms with Crippen molar-refractivity contribution in [2.75, 3.05) is 40.3 Å². The van der Waals surface area contributed by atoms with Crippen molar-refractivity contribution in [1.82, 2.24) is 20.4 Å². The molecule has 3 rings (SSSR count). The minimum atomic E-state index is -0.433. The van der Waals surface area contributed by atoms with E-state index in [0.29, 0.717) is 19.6 Å². The van der Waals surface area contributed by atoms with Crippen LogP contribution in [0.25, 0.3) is 11.1 Å². The van der Waals surface area contributed by atoms with Gasteiger partial charge in [0.05, 0.1) is 12.5 Å². The van der Waals surface area contributed by atoms with Gasteiger partial charge >= 0.3 is 0 Å². The largest absolute Gasteiger partial charge is 0.355 e. The van der Waals surface area contributed by atoms with E-state index in [1.54, 1.807) is 0 Å². The number of benzene rings is 2. The molecule has 6 heteroatoms. The Labute approximate surface area is 172 Å². The molecule has 1 aliphatic heterocycles. The fourth-order valence-corrected chi connectivity index (χ4v) is 3.51. The minimum Gasteiger partial charge on any atom is -0.355 e. The molecule has 2 aromatic carbocycles. The summed E-state index contributed by atoms with van der Waals surface area (Å²) in [6, 6.07) is 18.2. The molecule has 2 N–H and O–H groups in total. The number of hydrogen-bond donors (Lipinski definition) is 2. The van der Waals surface area contributed by atoms with Crippen molar-refractivity contribution < 1.29 is 9.59 Å². The monoisotopic (exact) mass is 394 g/mol. The smallest absolute Gasteiger partial charge is 0.237 e. The number of hydrogen-bond acceptors (Lipinski definition) is 4. The molecule has 0 unspecified atom stereocenters. The second-order valence-electron chi connectivity index (χ2n) is 7.70. The van der Waals surface area contributed by atoms with Crippen LogP contribution >= 0.6 is 0 Å². The number of likely N-dealkylation sites (N-methyl/N-ethyl adjacent to an activating group) is 1. The number of carbonyl (C=O) groups excluding carboxylic acids is 2. The lowest BCUT2D eigenvalue weighted by molar-refractivity contribution is -0.134. The summed E-state index contributed by atoms with van der Waals surface area (Å²) in [5.74, 6) is -0.154. The molecule has 29 heavy (non-hydrogen) atoms. The molecule has 0 radical (unpaired) electrons. The van der Waals surface area contributed by atoms with Gasteiger partial charge in [0, 0.05) is 32.7 Å². The summed E-state index contributed by atoms with van der Waals surface area (Å²) in [6.45, 7) is 3.36. The van der Waals surface area contributed by atoms with Crippen molar-refractivity contribution in [3.8, 4) is 11.1 Å². The first kappa shape index (κ1) is 21.0. The second kappa shape index (κ2) is 10.2. The number of rotatable bonds is 8. The Morgan fingerprint density at radius 3 is 2.48 bits per heavy atom. The van der Waals surface area contributed by atoms with Gasteiger partial charge in [0.1, 0.15) is 0 Å². The maximum atomic E-state index is 12.4. The molecule has 0 aromatic heterocycles. The first-order valence-electron chi connectivity index (χ1n) is 10.1. The van der Waals surface area contributed by atoms with Gasteiger partial charge in [-0.25, -0.2) is 0 Å². The molecular weight excluding hydrogens is 364 g/mol. The average Bonchev–Trinajstić information content (AvgIpc) is 2.71. The Morgan fingerprint density at radius 1 is 1.10 bits per heavy atom. The molecule has 2 amide bonds. The van der Waals surface area contributed by atoms with Gasteiger partial charge in [0.2, 0.25) is 11.8 Å². The third-order valence-electron chi connectivity index (χ3n) is 5.15. The summed E-state index contributed by atoms with van der Waals surface area (Å²) in [7, 11) is 3.93. The molecule has 0 spiro atoms. The molecule has 1 heterocycles. The molecule has 1 aliphatic rings. The molecule has 1 saturated heterocycles. The highest BCUT2D eigenvalue weighted by Gasteiger charge is 2.31. The van der Waals surface area contributed by atoms with Gasteiger partial charge in [-0.3, -0.25) is 14.5 Å². The Bertz CT molecular complexity index is 805. The van der Waals surface area contributed by atoms with Crippen LogP contribution in [0.5, 0.6) is 0 Å². The molecule has 154 valence electrons. The Kier molecular flexibility index (Phi) is 7.38. The van der Waals surface area contributed by atoms with E-state index in [4.69, 9.17) is 0 Å². The molecular formula is C23H30N4O2. The number of amides is 2. The van der Waals surface area contributed by atoms with Crippen LogP contribution in [-0.2, 0) is 16.1 Å². The van der Waals surface area contributed by atoms with Crippen LogP contribution in [0, 0.1) is 0 Å². The lowest BCUT2D eigenvalue weighted by atomic mass is 10.0. The summed E-state index contributed by atoms with van der Waals surface area (Å²) in [5, 5.41) is 5.79. The van der Waals surface area contributed by atoms with E-state index in [0.717, 1.165) is 18.7 Å². The van der Waals surface area contributed by atoms with Gasteiger partial charge < -0.3 is 15.5 Å². The van der Waals surface area contributed by atoms with E-state index in [9.17, 15) is 9.59 Å². The number of nitrogens with zero attached hydrogens (tertiary/aromatic N) is 2. The molecule has 2 aromatic rings. The van der Waals surface area contributed by atoms with Crippen LogP contribution < -0.4 is 10.6 Å². The predicted molar refractivity (Wildman–Crippen MR) is 115 cm³/mol. The van der Waals surface area contributed by atoms with Crippen LogP contribution in [0.4, 0.5) is 0 Å². The van der Waals surface area contributed by atoms with E-state index < -0.39 is 6.04 Å². The number of piperazine rings is 1. The summed E-state index contributed by atoms with van der Waals surface area (Å²) in [5.41, 5.74) is 3.49. The molecule has 0 bridgehead atoms. The van der Waals surface area contributed by atoms with Crippen LogP contribution in [-0.4, -0.2) is 67.9 Å². The van der Waals surface area contributed by atoms with Gasteiger partial charge in [-0.1, -0.05) is 54.6 Å². The van der Waals surface area contributed by atoms with Crippen molar-refractivity contribution in [3.63, 3.8) is 0 Å². The summed E-state index contributed by atoms with van der Waals surface area (Å²) >= 11 is 0. The lowest BCUT2D eigenvalue weighted by Crippen LogP contribution is -2.56. The first-order valence-corrected chi connectivity index (χ1v) is 10.1. The zero-order chi connectivity index (χ0) is 20.6. The van der Waals surface area contributed by atoms with Crippen LogP contribution in [0.2, 0.25) is 0 Å². The van der Waals surface area contributed by atoms with Crippen molar-refractivity contribution in [2.45, 2.75) is 19.0 Å². The second-order valence-corrected chi connectivity index (χ2v) is 7.70.